The van der Waals surface area contributed by atoms with Gasteiger partial charge in [0.25, 0.3) is 0 Å². The molecule has 1 saturated heterocycles. The van der Waals surface area contributed by atoms with Crippen molar-refractivity contribution >= 4 is 34.4 Å². The van der Waals surface area contributed by atoms with Crippen molar-refractivity contribution in [2.75, 3.05) is 12.3 Å². The predicted octanol–water partition coefficient (Wildman–Crippen LogP) is 1.70. The van der Waals surface area contributed by atoms with E-state index >= 15 is 0 Å². The Kier molecular flexibility index (Phi) is 8.72. The fraction of sp³-hybridized carbons (Fsp3) is 0.391. The van der Waals surface area contributed by atoms with Crippen LogP contribution in [0.2, 0.25) is 0 Å². The molecule has 10 nitrogen and oxygen atoms in total. The van der Waals surface area contributed by atoms with Crippen LogP contribution in [0.4, 0.5) is 5.69 Å². The zero-order chi connectivity index (χ0) is 24.7. The minimum Gasteiger partial charge on any atom is -0.506 e. The van der Waals surface area contributed by atoms with Crippen molar-refractivity contribution < 1.29 is 24.6 Å². The summed E-state index contributed by atoms with van der Waals surface area (Å²) >= 11 is 1.18. The molecule has 1 aliphatic rings. The predicted molar refractivity (Wildman–Crippen MR) is 126 cm³/mol. The average molecular weight is 487 g/mol. The first-order chi connectivity index (χ1) is 16.3. The minimum absolute atomic E-state index is 0.0841. The van der Waals surface area contributed by atoms with E-state index in [4.69, 9.17) is 0 Å². The molecule has 1 aromatic heterocycles. The van der Waals surface area contributed by atoms with Gasteiger partial charge in [-0.3, -0.25) is 19.4 Å². The first-order valence-electron chi connectivity index (χ1n) is 10.8. The summed E-state index contributed by atoms with van der Waals surface area (Å²) in [7, 11) is 0. The maximum Gasteiger partial charge on any atom is 0.249 e. The minimum atomic E-state index is -1.48. The van der Waals surface area contributed by atoms with Crippen LogP contribution in [-0.2, 0) is 27.2 Å². The van der Waals surface area contributed by atoms with Crippen LogP contribution in [0.25, 0.3) is 0 Å². The Morgan fingerprint density at radius 2 is 1.97 bits per heavy atom. The molecule has 1 aromatic carbocycles. The van der Waals surface area contributed by atoms with Gasteiger partial charge in [-0.1, -0.05) is 17.8 Å². The molecule has 3 atom stereocenters. The Morgan fingerprint density at radius 3 is 2.62 bits per heavy atom. The van der Waals surface area contributed by atoms with Gasteiger partial charge in [-0.2, -0.15) is 0 Å². The smallest absolute Gasteiger partial charge is 0.249 e. The van der Waals surface area contributed by atoms with Crippen molar-refractivity contribution in [2.24, 2.45) is 5.18 Å². The number of nitroso groups, excluding NO2 is 1. The zero-order valence-corrected chi connectivity index (χ0v) is 19.4. The Morgan fingerprint density at radius 1 is 1.24 bits per heavy atom. The number of phenolic OH excluding ortho intramolecular Hbond substituents is 1. The molecule has 0 bridgehead atoms. The summed E-state index contributed by atoms with van der Waals surface area (Å²) in [6.07, 6.45) is 3.08. The van der Waals surface area contributed by atoms with Crippen molar-refractivity contribution in [1.29, 1.82) is 0 Å². The van der Waals surface area contributed by atoms with Gasteiger partial charge in [-0.05, 0) is 60.3 Å². The zero-order valence-electron chi connectivity index (χ0n) is 18.6. The highest BCUT2D eigenvalue weighted by atomic mass is 32.2. The van der Waals surface area contributed by atoms with Gasteiger partial charge < -0.3 is 20.4 Å². The van der Waals surface area contributed by atoms with Gasteiger partial charge in [-0.15, -0.1) is 4.91 Å². The van der Waals surface area contributed by atoms with Gasteiger partial charge in [0.1, 0.15) is 29.6 Å². The number of aromatic nitrogens is 1. The van der Waals surface area contributed by atoms with Crippen LogP contribution >= 0.6 is 11.8 Å². The second-order valence-corrected chi connectivity index (χ2v) is 9.07. The van der Waals surface area contributed by atoms with Gasteiger partial charge in [-0.25, -0.2) is 0 Å². The number of nitrogens with one attached hydrogen (secondary N) is 1. The quantitative estimate of drug-likeness (QED) is 0.430. The number of hydrogen-bond donors (Lipinski definition) is 3. The number of thioether (sulfide) groups is 1. The van der Waals surface area contributed by atoms with Gasteiger partial charge in [0.05, 0.1) is 0 Å². The van der Waals surface area contributed by atoms with Gasteiger partial charge >= 0.3 is 0 Å². The van der Waals surface area contributed by atoms with E-state index in [2.05, 4.69) is 15.5 Å². The number of amides is 2. The van der Waals surface area contributed by atoms with Crippen LogP contribution in [0.1, 0.15) is 24.5 Å². The van der Waals surface area contributed by atoms with Crippen LogP contribution in [0.3, 0.4) is 0 Å². The van der Waals surface area contributed by atoms with E-state index in [1.54, 1.807) is 12.4 Å². The monoisotopic (exact) mass is 486 g/mol. The summed E-state index contributed by atoms with van der Waals surface area (Å²) in [6.45, 7) is 1.93. The molecule has 1 fully saturated rings. The van der Waals surface area contributed by atoms with Crippen molar-refractivity contribution in [3.8, 4) is 5.75 Å². The van der Waals surface area contributed by atoms with E-state index in [0.29, 0.717) is 24.3 Å². The number of hydrogen-bond acceptors (Lipinski definition) is 9. The molecule has 3 N–H and O–H groups in total. The first kappa shape index (κ1) is 25.3. The Bertz CT molecular complexity index is 1050. The van der Waals surface area contributed by atoms with Crippen molar-refractivity contribution in [1.82, 2.24) is 15.2 Å². The Labute approximate surface area is 200 Å². The molecular weight excluding hydrogens is 460 g/mol. The number of benzene rings is 1. The number of aryl methyl sites for hydroxylation is 1. The van der Waals surface area contributed by atoms with Crippen LogP contribution in [0.5, 0.6) is 5.75 Å². The van der Waals surface area contributed by atoms with E-state index < -0.39 is 30.0 Å². The number of aliphatic hydroxyl groups is 1. The van der Waals surface area contributed by atoms with Crippen molar-refractivity contribution in [3.05, 3.63) is 58.8 Å². The van der Waals surface area contributed by atoms with Crippen LogP contribution in [0, 0.1) is 4.91 Å². The second-order valence-electron chi connectivity index (χ2n) is 7.97. The topological polar surface area (TPSA) is 149 Å². The lowest BCUT2D eigenvalue weighted by atomic mass is 10.0. The number of carbonyl (C=O) groups excluding carboxylic acids is 3. The molecule has 0 spiro atoms. The molecule has 2 amide bonds. The standard InChI is InChI=1S/C23H26N4O6S/c1-14(25-21(30)20(29)13-16-2-3-19(28)17(12-16)26-33)22(31)27-10-6-18(27)23(32)34-11-7-15-4-8-24-9-5-15/h2-5,8-9,12,14,18,20,28-29H,6-7,10-11,13H2,1H3,(H,25,30). The molecule has 2 aromatic rings. The summed E-state index contributed by atoms with van der Waals surface area (Å²) in [5.41, 5.74) is 1.31. The highest BCUT2D eigenvalue weighted by Crippen LogP contribution is 2.27. The van der Waals surface area contributed by atoms with E-state index in [1.165, 1.54) is 41.8 Å². The molecule has 3 rings (SSSR count). The fourth-order valence-corrected chi connectivity index (χ4v) is 4.49. The van der Waals surface area contributed by atoms with Gasteiger partial charge in [0.15, 0.2) is 0 Å². The number of aliphatic hydroxyl groups excluding tert-OH is 1. The van der Waals surface area contributed by atoms with E-state index in [-0.39, 0.29) is 23.0 Å². The fourth-order valence-electron chi connectivity index (χ4n) is 3.52. The summed E-state index contributed by atoms with van der Waals surface area (Å²) in [6, 6.07) is 6.31. The second kappa shape index (κ2) is 11.7. The number of aromatic hydroxyl groups is 1. The van der Waals surface area contributed by atoms with Gasteiger partial charge in [0.2, 0.25) is 16.9 Å². The SMILES string of the molecule is CC(NC(=O)C(O)Cc1ccc(O)c(N=O)c1)C(=O)N1CCC1C(=O)SCCc1ccncc1. The van der Waals surface area contributed by atoms with E-state index in [9.17, 15) is 29.5 Å². The number of carbonyl (C=O) groups is 3. The van der Waals surface area contributed by atoms with Crippen LogP contribution in [0.15, 0.2) is 47.9 Å². The lowest BCUT2D eigenvalue weighted by Gasteiger charge is -2.41. The first-order valence-corrected chi connectivity index (χ1v) is 11.8. The molecule has 0 radical (unpaired) electrons. The molecule has 1 aliphatic heterocycles. The lowest BCUT2D eigenvalue weighted by Crippen LogP contribution is -2.60. The third-order valence-electron chi connectivity index (χ3n) is 5.56. The molecule has 3 unspecified atom stereocenters. The Hall–Kier alpha value is -3.31. The molecule has 11 heteroatoms. The largest absolute Gasteiger partial charge is 0.506 e. The summed E-state index contributed by atoms with van der Waals surface area (Å²) < 4.78 is 0. The number of pyridine rings is 1. The average Bonchev–Trinajstić information content (AvgIpc) is 2.80. The van der Waals surface area contributed by atoms with Gasteiger partial charge in [0, 0.05) is 31.1 Å². The molecule has 0 aliphatic carbocycles. The number of phenols is 1. The third kappa shape index (κ3) is 6.39. The summed E-state index contributed by atoms with van der Waals surface area (Å²) in [5.74, 6) is -0.856. The molecule has 0 saturated carbocycles. The molecule has 2 heterocycles. The summed E-state index contributed by atoms with van der Waals surface area (Å²) in [5, 5.41) is 24.8. The maximum atomic E-state index is 12.8. The maximum absolute atomic E-state index is 12.8. The highest BCUT2D eigenvalue weighted by Gasteiger charge is 2.39. The third-order valence-corrected chi connectivity index (χ3v) is 6.52. The molecular formula is C23H26N4O6S. The molecule has 34 heavy (non-hydrogen) atoms. The van der Waals surface area contributed by atoms with Crippen molar-refractivity contribution in [2.45, 2.75) is 44.4 Å². The number of likely N-dealkylation sites (tertiary alicyclic amines) is 1. The number of nitrogens with zero attached hydrogens (tertiary/aromatic N) is 3. The normalized spacial score (nSPS) is 16.8. The number of rotatable bonds is 10. The van der Waals surface area contributed by atoms with E-state index in [1.807, 2.05) is 12.1 Å². The van der Waals surface area contributed by atoms with Crippen molar-refractivity contribution in [3.63, 3.8) is 0 Å². The highest BCUT2D eigenvalue weighted by molar-refractivity contribution is 8.13. The molecule has 180 valence electrons. The Balaban J connectivity index is 1.46. The van der Waals surface area contributed by atoms with E-state index in [0.717, 1.165) is 12.0 Å². The van der Waals surface area contributed by atoms with Crippen LogP contribution in [-0.4, -0.2) is 67.5 Å². The van der Waals surface area contributed by atoms with Crippen LogP contribution < -0.4 is 5.32 Å². The summed E-state index contributed by atoms with van der Waals surface area (Å²) in [4.78, 5) is 53.8. The lowest BCUT2D eigenvalue weighted by molar-refractivity contribution is -0.146.